The summed E-state index contributed by atoms with van der Waals surface area (Å²) in [4.78, 5) is 3.76. The van der Waals surface area contributed by atoms with Gasteiger partial charge in [-0.05, 0) is 18.2 Å². The predicted molar refractivity (Wildman–Crippen MR) is 53.6 cm³/mol. The maximum atomic E-state index is 12.4. The number of alkyl halides is 3. The molecule has 2 rings (SSSR count). The van der Waals surface area contributed by atoms with E-state index in [2.05, 4.69) is 4.98 Å². The van der Waals surface area contributed by atoms with Crippen molar-refractivity contribution in [3.8, 4) is 10.8 Å². The summed E-state index contributed by atoms with van der Waals surface area (Å²) >= 11 is 1.22. The molecule has 0 radical (unpaired) electrons. The Kier molecular flexibility index (Phi) is 2.82. The van der Waals surface area contributed by atoms with E-state index in [1.165, 1.54) is 29.7 Å². The van der Waals surface area contributed by atoms with Crippen LogP contribution in [0.4, 0.5) is 13.2 Å². The first-order valence-corrected chi connectivity index (χ1v) is 5.17. The Labute approximate surface area is 93.3 Å². The number of nitrogens with zero attached hydrogens (tertiary/aromatic N) is 1. The molecule has 0 N–H and O–H groups in total. The third-order valence-electron chi connectivity index (χ3n) is 1.79. The van der Waals surface area contributed by atoms with Crippen molar-refractivity contribution in [1.29, 1.82) is 0 Å². The summed E-state index contributed by atoms with van der Waals surface area (Å²) in [7, 11) is 0. The molecule has 0 aliphatic heterocycles. The average Bonchev–Trinajstić information content (AvgIpc) is 2.70. The normalized spacial score (nSPS) is 11.4. The van der Waals surface area contributed by atoms with Crippen molar-refractivity contribution >= 4 is 11.3 Å². The average molecular weight is 245 g/mol. The second-order valence-electron chi connectivity index (χ2n) is 2.95. The molecule has 16 heavy (non-hydrogen) atoms. The van der Waals surface area contributed by atoms with E-state index < -0.39 is 11.7 Å². The molecule has 0 saturated heterocycles. The zero-order valence-electron chi connectivity index (χ0n) is 7.86. The summed E-state index contributed by atoms with van der Waals surface area (Å²) in [6, 6.07) is 4.73. The van der Waals surface area contributed by atoms with Crippen LogP contribution in [-0.4, -0.2) is 4.98 Å². The van der Waals surface area contributed by atoms with Crippen LogP contribution in [0, 0.1) is 0 Å². The molecular formula is C10H6F3NOS. The van der Waals surface area contributed by atoms with Crippen LogP contribution in [0.1, 0.15) is 5.56 Å². The molecule has 0 aliphatic carbocycles. The predicted octanol–water partition coefficient (Wildman–Crippen LogP) is 3.95. The van der Waals surface area contributed by atoms with Gasteiger partial charge in [-0.2, -0.15) is 13.2 Å². The lowest BCUT2D eigenvalue weighted by atomic mass is 10.2. The van der Waals surface area contributed by atoms with Crippen LogP contribution in [0.15, 0.2) is 36.0 Å². The SMILES string of the molecule is FC(F)(F)c1cccc(Oc2cncs2)c1. The highest BCUT2D eigenvalue weighted by Gasteiger charge is 2.30. The van der Waals surface area contributed by atoms with Crippen molar-refractivity contribution in [3.63, 3.8) is 0 Å². The minimum atomic E-state index is -4.35. The van der Waals surface area contributed by atoms with Gasteiger partial charge in [0.05, 0.1) is 17.3 Å². The number of ether oxygens (including phenoxy) is 1. The lowest BCUT2D eigenvalue weighted by Gasteiger charge is -2.08. The quantitative estimate of drug-likeness (QED) is 0.799. The van der Waals surface area contributed by atoms with E-state index in [-0.39, 0.29) is 5.75 Å². The van der Waals surface area contributed by atoms with Crippen LogP contribution in [0.3, 0.4) is 0 Å². The number of halogens is 3. The van der Waals surface area contributed by atoms with Crippen LogP contribution in [-0.2, 0) is 6.18 Å². The Morgan fingerprint density at radius 2 is 2.06 bits per heavy atom. The van der Waals surface area contributed by atoms with Crippen molar-refractivity contribution in [1.82, 2.24) is 4.98 Å². The zero-order valence-corrected chi connectivity index (χ0v) is 8.68. The Morgan fingerprint density at radius 1 is 1.25 bits per heavy atom. The van der Waals surface area contributed by atoms with E-state index in [0.717, 1.165) is 12.1 Å². The lowest BCUT2D eigenvalue weighted by Crippen LogP contribution is -2.04. The molecule has 0 aliphatic rings. The van der Waals surface area contributed by atoms with Crippen LogP contribution in [0.2, 0.25) is 0 Å². The molecule has 0 atom stereocenters. The third kappa shape index (κ3) is 2.52. The molecule has 0 amide bonds. The molecule has 1 heterocycles. The molecule has 2 aromatic rings. The largest absolute Gasteiger partial charge is 0.445 e. The summed E-state index contributed by atoms with van der Waals surface area (Å²) in [5, 5.41) is 0.458. The van der Waals surface area contributed by atoms with Gasteiger partial charge in [-0.1, -0.05) is 17.4 Å². The first-order chi connectivity index (χ1) is 7.55. The molecule has 0 saturated carbocycles. The number of thiazole rings is 1. The molecule has 2 nitrogen and oxygen atoms in total. The van der Waals surface area contributed by atoms with E-state index in [1.807, 2.05) is 0 Å². The molecule has 0 fully saturated rings. The van der Waals surface area contributed by atoms with Crippen LogP contribution >= 0.6 is 11.3 Å². The molecule has 0 bridgehead atoms. The van der Waals surface area contributed by atoms with E-state index in [0.29, 0.717) is 5.06 Å². The second kappa shape index (κ2) is 4.13. The van der Waals surface area contributed by atoms with Gasteiger partial charge in [-0.15, -0.1) is 0 Å². The van der Waals surface area contributed by atoms with Crippen molar-refractivity contribution in [2.45, 2.75) is 6.18 Å². The Balaban J connectivity index is 2.23. The van der Waals surface area contributed by atoms with Gasteiger partial charge < -0.3 is 4.74 Å². The fourth-order valence-corrected chi connectivity index (χ4v) is 1.60. The monoisotopic (exact) mass is 245 g/mol. The number of rotatable bonds is 2. The second-order valence-corrected chi connectivity index (χ2v) is 3.80. The van der Waals surface area contributed by atoms with E-state index in [9.17, 15) is 13.2 Å². The topological polar surface area (TPSA) is 22.1 Å². The van der Waals surface area contributed by atoms with Crippen LogP contribution < -0.4 is 4.74 Å². The molecule has 84 valence electrons. The molecule has 1 aromatic heterocycles. The fourth-order valence-electron chi connectivity index (χ4n) is 1.11. The van der Waals surface area contributed by atoms with Crippen molar-refractivity contribution < 1.29 is 17.9 Å². The van der Waals surface area contributed by atoms with E-state index in [4.69, 9.17) is 4.74 Å². The molecule has 6 heteroatoms. The summed E-state index contributed by atoms with van der Waals surface area (Å²) in [5.41, 5.74) is 0.817. The standard InChI is InChI=1S/C10H6F3NOS/c11-10(12,13)7-2-1-3-8(4-7)15-9-5-14-6-16-9/h1-6H. The van der Waals surface area contributed by atoms with Gasteiger partial charge in [0.1, 0.15) is 5.75 Å². The van der Waals surface area contributed by atoms with Crippen LogP contribution in [0.25, 0.3) is 0 Å². The van der Waals surface area contributed by atoms with Crippen LogP contribution in [0.5, 0.6) is 10.8 Å². The molecule has 0 unspecified atom stereocenters. The van der Waals surface area contributed by atoms with E-state index >= 15 is 0 Å². The maximum absolute atomic E-state index is 12.4. The van der Waals surface area contributed by atoms with Crippen molar-refractivity contribution in [3.05, 3.63) is 41.5 Å². The summed E-state index contributed by atoms with van der Waals surface area (Å²) < 4.78 is 42.4. The Hall–Kier alpha value is -1.56. The number of hydrogen-bond donors (Lipinski definition) is 0. The Morgan fingerprint density at radius 3 is 2.69 bits per heavy atom. The summed E-state index contributed by atoms with van der Waals surface area (Å²) in [6.45, 7) is 0. The van der Waals surface area contributed by atoms with Gasteiger partial charge in [-0.25, -0.2) is 4.98 Å². The minimum Gasteiger partial charge on any atom is -0.445 e. The lowest BCUT2D eigenvalue weighted by molar-refractivity contribution is -0.137. The highest BCUT2D eigenvalue weighted by atomic mass is 32.1. The smallest absolute Gasteiger partial charge is 0.416 e. The Bertz CT molecular complexity index is 467. The first kappa shape index (κ1) is 10.9. The summed E-state index contributed by atoms with van der Waals surface area (Å²) in [5.74, 6) is 0.152. The fraction of sp³-hybridized carbons (Fsp3) is 0.100. The highest BCUT2D eigenvalue weighted by Crippen LogP contribution is 2.33. The third-order valence-corrected chi connectivity index (χ3v) is 2.44. The van der Waals surface area contributed by atoms with Crippen molar-refractivity contribution in [2.24, 2.45) is 0 Å². The van der Waals surface area contributed by atoms with Gasteiger partial charge >= 0.3 is 6.18 Å². The number of aromatic nitrogens is 1. The zero-order chi connectivity index (χ0) is 11.6. The highest BCUT2D eigenvalue weighted by molar-refractivity contribution is 7.11. The van der Waals surface area contributed by atoms with Gasteiger partial charge in [0.15, 0.2) is 0 Å². The minimum absolute atomic E-state index is 0.152. The van der Waals surface area contributed by atoms with Gasteiger partial charge in [0, 0.05) is 0 Å². The van der Waals surface area contributed by atoms with Gasteiger partial charge in [0.2, 0.25) is 5.06 Å². The molecule has 0 spiro atoms. The van der Waals surface area contributed by atoms with E-state index in [1.54, 1.807) is 5.51 Å². The summed E-state index contributed by atoms with van der Waals surface area (Å²) in [6.07, 6.45) is -2.90. The molecular weight excluding hydrogens is 239 g/mol. The van der Waals surface area contributed by atoms with Gasteiger partial charge in [0.25, 0.3) is 0 Å². The van der Waals surface area contributed by atoms with Crippen molar-refractivity contribution in [2.75, 3.05) is 0 Å². The number of benzene rings is 1. The van der Waals surface area contributed by atoms with Gasteiger partial charge in [-0.3, -0.25) is 0 Å². The number of hydrogen-bond acceptors (Lipinski definition) is 3. The maximum Gasteiger partial charge on any atom is 0.416 e. The molecule has 1 aromatic carbocycles. The first-order valence-electron chi connectivity index (χ1n) is 4.29.